The van der Waals surface area contributed by atoms with E-state index in [2.05, 4.69) is 0 Å². The van der Waals surface area contributed by atoms with Crippen LogP contribution in [-0.4, -0.2) is 17.2 Å². The number of halogens is 3. The zero-order chi connectivity index (χ0) is 15.3. The largest absolute Gasteiger partial charge is 0.471 e. The van der Waals surface area contributed by atoms with Gasteiger partial charge in [-0.15, -0.1) is 0 Å². The molecule has 0 spiro atoms. The minimum absolute atomic E-state index is 0.196. The van der Waals surface area contributed by atoms with Gasteiger partial charge in [-0.1, -0.05) is 38.1 Å². The number of alkyl halides is 3. The van der Waals surface area contributed by atoms with Crippen molar-refractivity contribution in [3.05, 3.63) is 35.4 Å². The van der Waals surface area contributed by atoms with Gasteiger partial charge in [-0.25, -0.2) is 0 Å². The fraction of sp³-hybridized carbons (Fsp3) is 0.500. The van der Waals surface area contributed by atoms with E-state index in [1.165, 1.54) is 0 Å². The Balaban J connectivity index is 2.57. The molecule has 1 amide bonds. The molecule has 0 saturated heterocycles. The molecular formula is C14H18F3NO2. The van der Waals surface area contributed by atoms with Crippen molar-refractivity contribution in [3.63, 3.8) is 0 Å². The molecule has 0 heterocycles. The lowest BCUT2D eigenvalue weighted by Gasteiger charge is -2.14. The van der Waals surface area contributed by atoms with E-state index in [1.807, 2.05) is 13.8 Å². The Morgan fingerprint density at radius 1 is 1.25 bits per heavy atom. The summed E-state index contributed by atoms with van der Waals surface area (Å²) in [6.45, 7) is 3.79. The molecule has 1 aromatic rings. The van der Waals surface area contributed by atoms with Crippen LogP contribution in [0.2, 0.25) is 0 Å². The summed E-state index contributed by atoms with van der Waals surface area (Å²) >= 11 is 0. The molecule has 0 bridgehead atoms. The number of hydrogen-bond acceptors (Lipinski definition) is 2. The highest BCUT2D eigenvalue weighted by Gasteiger charge is 2.38. The maximum Gasteiger partial charge on any atom is 0.471 e. The van der Waals surface area contributed by atoms with Crippen molar-refractivity contribution in [1.29, 1.82) is 0 Å². The third-order valence-corrected chi connectivity index (χ3v) is 2.77. The van der Waals surface area contributed by atoms with E-state index in [0.717, 1.165) is 0 Å². The molecule has 0 aliphatic rings. The van der Waals surface area contributed by atoms with Gasteiger partial charge in [-0.3, -0.25) is 4.79 Å². The Labute approximate surface area is 115 Å². The summed E-state index contributed by atoms with van der Waals surface area (Å²) in [5, 5.41) is 11.7. The Bertz CT molecular complexity index is 441. The van der Waals surface area contributed by atoms with Gasteiger partial charge in [0.25, 0.3) is 0 Å². The second kappa shape index (κ2) is 6.74. The van der Waals surface area contributed by atoms with Crippen molar-refractivity contribution in [3.8, 4) is 0 Å². The molecule has 0 aromatic heterocycles. The number of rotatable bonds is 5. The number of aliphatic hydroxyl groups is 1. The fourth-order valence-corrected chi connectivity index (χ4v) is 1.72. The highest BCUT2D eigenvalue weighted by molar-refractivity contribution is 5.81. The van der Waals surface area contributed by atoms with Crippen LogP contribution < -0.4 is 5.32 Å². The van der Waals surface area contributed by atoms with Gasteiger partial charge in [0.1, 0.15) is 0 Å². The minimum Gasteiger partial charge on any atom is -0.388 e. The smallest absolute Gasteiger partial charge is 0.388 e. The van der Waals surface area contributed by atoms with E-state index in [4.69, 9.17) is 0 Å². The second-order valence-corrected chi connectivity index (χ2v) is 5.07. The van der Waals surface area contributed by atoms with Crippen molar-refractivity contribution in [2.45, 2.75) is 39.1 Å². The first-order valence-electron chi connectivity index (χ1n) is 6.32. The van der Waals surface area contributed by atoms with Crippen molar-refractivity contribution in [2.24, 2.45) is 5.92 Å². The normalized spacial score (nSPS) is 13.3. The lowest BCUT2D eigenvalue weighted by molar-refractivity contribution is -0.173. The van der Waals surface area contributed by atoms with Gasteiger partial charge in [0.15, 0.2) is 0 Å². The molecule has 2 N–H and O–H groups in total. The third-order valence-electron chi connectivity index (χ3n) is 2.77. The number of carbonyl (C=O) groups is 1. The van der Waals surface area contributed by atoms with Gasteiger partial charge in [-0.2, -0.15) is 13.2 Å². The average molecular weight is 289 g/mol. The van der Waals surface area contributed by atoms with Gasteiger partial charge >= 0.3 is 12.1 Å². The monoisotopic (exact) mass is 289 g/mol. The van der Waals surface area contributed by atoms with E-state index < -0.39 is 18.2 Å². The first-order chi connectivity index (χ1) is 9.20. The van der Waals surface area contributed by atoms with Gasteiger partial charge in [0, 0.05) is 6.54 Å². The van der Waals surface area contributed by atoms with E-state index in [-0.39, 0.29) is 6.54 Å². The summed E-state index contributed by atoms with van der Waals surface area (Å²) in [5.74, 6) is -1.61. The molecule has 3 nitrogen and oxygen atoms in total. The Hall–Kier alpha value is -1.56. The first-order valence-corrected chi connectivity index (χ1v) is 6.32. The molecule has 0 aliphatic heterocycles. The van der Waals surface area contributed by atoms with Gasteiger partial charge in [-0.05, 0) is 23.5 Å². The topological polar surface area (TPSA) is 49.3 Å². The minimum atomic E-state index is -4.87. The highest BCUT2D eigenvalue weighted by atomic mass is 19.4. The molecule has 0 saturated carbocycles. The maximum atomic E-state index is 12.0. The van der Waals surface area contributed by atoms with Crippen LogP contribution in [0.3, 0.4) is 0 Å². The SMILES string of the molecule is CC(C)CC(O)c1ccc(CNC(=O)C(F)(F)F)cc1. The second-order valence-electron chi connectivity index (χ2n) is 5.07. The van der Waals surface area contributed by atoms with Crippen molar-refractivity contribution < 1.29 is 23.1 Å². The van der Waals surface area contributed by atoms with Gasteiger partial charge in [0.2, 0.25) is 0 Å². The van der Waals surface area contributed by atoms with Crippen LogP contribution in [-0.2, 0) is 11.3 Å². The quantitative estimate of drug-likeness (QED) is 0.875. The molecule has 112 valence electrons. The van der Waals surface area contributed by atoms with E-state index in [9.17, 15) is 23.1 Å². The van der Waals surface area contributed by atoms with E-state index in [0.29, 0.717) is 23.5 Å². The lowest BCUT2D eigenvalue weighted by Crippen LogP contribution is -2.36. The van der Waals surface area contributed by atoms with Crippen LogP contribution in [0.25, 0.3) is 0 Å². The van der Waals surface area contributed by atoms with Crippen molar-refractivity contribution >= 4 is 5.91 Å². The number of benzene rings is 1. The molecule has 1 aromatic carbocycles. The summed E-state index contributed by atoms with van der Waals surface area (Å²) in [4.78, 5) is 10.7. The summed E-state index contributed by atoms with van der Waals surface area (Å²) in [6.07, 6.45) is -4.84. The molecule has 20 heavy (non-hydrogen) atoms. The summed E-state index contributed by atoms with van der Waals surface area (Å²) < 4.78 is 36.0. The maximum absolute atomic E-state index is 12.0. The number of amides is 1. The first kappa shape index (κ1) is 16.5. The van der Waals surface area contributed by atoms with Crippen molar-refractivity contribution in [2.75, 3.05) is 0 Å². The Morgan fingerprint density at radius 2 is 1.80 bits per heavy atom. The van der Waals surface area contributed by atoms with Crippen LogP contribution in [0.5, 0.6) is 0 Å². The Kier molecular flexibility index (Phi) is 5.56. The summed E-state index contributed by atoms with van der Waals surface area (Å²) in [6, 6.07) is 6.50. The van der Waals surface area contributed by atoms with Gasteiger partial charge in [0.05, 0.1) is 6.10 Å². The molecule has 1 unspecified atom stereocenters. The average Bonchev–Trinajstić information content (AvgIpc) is 2.34. The van der Waals surface area contributed by atoms with E-state index in [1.54, 1.807) is 29.6 Å². The summed E-state index contributed by atoms with van der Waals surface area (Å²) in [7, 11) is 0. The predicted molar refractivity (Wildman–Crippen MR) is 68.8 cm³/mol. The molecule has 1 rings (SSSR count). The van der Waals surface area contributed by atoms with Crippen molar-refractivity contribution in [1.82, 2.24) is 5.32 Å². The molecule has 1 atom stereocenters. The van der Waals surface area contributed by atoms with Crippen LogP contribution in [0.4, 0.5) is 13.2 Å². The molecule has 0 aliphatic carbocycles. The highest BCUT2D eigenvalue weighted by Crippen LogP contribution is 2.21. The number of nitrogens with one attached hydrogen (secondary N) is 1. The lowest BCUT2D eigenvalue weighted by atomic mass is 9.99. The fourth-order valence-electron chi connectivity index (χ4n) is 1.72. The van der Waals surface area contributed by atoms with Crippen LogP contribution in [0, 0.1) is 5.92 Å². The number of carbonyl (C=O) groups excluding carboxylic acids is 1. The number of aliphatic hydroxyl groups excluding tert-OH is 1. The zero-order valence-electron chi connectivity index (χ0n) is 11.4. The molecular weight excluding hydrogens is 271 g/mol. The standard InChI is InChI=1S/C14H18F3NO2/c1-9(2)7-12(19)11-5-3-10(4-6-11)8-18-13(20)14(15,16)17/h3-6,9,12,19H,7-8H2,1-2H3,(H,18,20). The Morgan fingerprint density at radius 3 is 2.25 bits per heavy atom. The van der Waals surface area contributed by atoms with Crippen LogP contribution in [0.15, 0.2) is 24.3 Å². The number of hydrogen-bond donors (Lipinski definition) is 2. The van der Waals surface area contributed by atoms with E-state index >= 15 is 0 Å². The summed E-state index contributed by atoms with van der Waals surface area (Å²) in [5.41, 5.74) is 1.26. The van der Waals surface area contributed by atoms with Crippen LogP contribution >= 0.6 is 0 Å². The molecule has 0 radical (unpaired) electrons. The van der Waals surface area contributed by atoms with Gasteiger partial charge < -0.3 is 10.4 Å². The third kappa shape index (κ3) is 5.21. The zero-order valence-corrected chi connectivity index (χ0v) is 11.4. The molecule has 6 heteroatoms. The molecule has 0 fully saturated rings. The predicted octanol–water partition coefficient (Wildman–Crippen LogP) is 2.94. The van der Waals surface area contributed by atoms with Crippen LogP contribution in [0.1, 0.15) is 37.5 Å².